The second-order valence-corrected chi connectivity index (χ2v) is 6.14. The molecular formula is C18H29NO. The van der Waals surface area contributed by atoms with Crippen molar-refractivity contribution < 1.29 is 5.11 Å². The first kappa shape index (κ1) is 15.4. The molecule has 2 rings (SSSR count). The number of benzene rings is 1. The van der Waals surface area contributed by atoms with Gasteiger partial charge in [0.1, 0.15) is 5.75 Å². The van der Waals surface area contributed by atoms with E-state index >= 15 is 0 Å². The van der Waals surface area contributed by atoms with Crippen molar-refractivity contribution in [1.29, 1.82) is 0 Å². The highest BCUT2D eigenvalue weighted by Gasteiger charge is 2.21. The Morgan fingerprint density at radius 1 is 1.05 bits per heavy atom. The first-order valence-corrected chi connectivity index (χ1v) is 8.31. The SMILES string of the molecule is CCNC(Cc1ccc(O)cc1)C1CCCCCCC1. The van der Waals surface area contributed by atoms with Crippen molar-refractivity contribution in [3.63, 3.8) is 0 Å². The van der Waals surface area contributed by atoms with Gasteiger partial charge in [0.25, 0.3) is 0 Å². The smallest absolute Gasteiger partial charge is 0.115 e. The van der Waals surface area contributed by atoms with E-state index in [1.807, 2.05) is 0 Å². The van der Waals surface area contributed by atoms with Gasteiger partial charge in [-0.05, 0) is 49.4 Å². The third-order valence-corrected chi connectivity index (χ3v) is 4.58. The molecule has 1 aromatic rings. The second kappa shape index (κ2) is 8.31. The lowest BCUT2D eigenvalue weighted by atomic mass is 9.83. The minimum atomic E-state index is 0.361. The zero-order valence-corrected chi connectivity index (χ0v) is 12.8. The van der Waals surface area contributed by atoms with Crippen LogP contribution in [-0.2, 0) is 6.42 Å². The van der Waals surface area contributed by atoms with Gasteiger partial charge < -0.3 is 10.4 Å². The summed E-state index contributed by atoms with van der Waals surface area (Å²) in [7, 11) is 0. The first-order chi connectivity index (χ1) is 9.79. The third-order valence-electron chi connectivity index (χ3n) is 4.58. The van der Waals surface area contributed by atoms with Crippen molar-refractivity contribution in [3.8, 4) is 5.75 Å². The van der Waals surface area contributed by atoms with Gasteiger partial charge in [0.05, 0.1) is 0 Å². The molecule has 1 aliphatic carbocycles. The summed E-state index contributed by atoms with van der Waals surface area (Å²) < 4.78 is 0. The molecule has 1 fully saturated rings. The Hall–Kier alpha value is -1.02. The molecular weight excluding hydrogens is 246 g/mol. The molecule has 0 aliphatic heterocycles. The number of likely N-dealkylation sites (N-methyl/N-ethyl adjacent to an activating group) is 1. The largest absolute Gasteiger partial charge is 0.508 e. The van der Waals surface area contributed by atoms with Crippen molar-refractivity contribution in [2.75, 3.05) is 6.54 Å². The monoisotopic (exact) mass is 275 g/mol. The van der Waals surface area contributed by atoms with Crippen LogP contribution >= 0.6 is 0 Å². The average Bonchev–Trinajstić information content (AvgIpc) is 2.41. The van der Waals surface area contributed by atoms with Crippen LogP contribution in [0, 0.1) is 5.92 Å². The lowest BCUT2D eigenvalue weighted by Crippen LogP contribution is -2.38. The molecule has 1 aromatic carbocycles. The summed E-state index contributed by atoms with van der Waals surface area (Å²) in [4.78, 5) is 0. The van der Waals surface area contributed by atoms with Gasteiger partial charge in [-0.15, -0.1) is 0 Å². The fourth-order valence-electron chi connectivity index (χ4n) is 3.44. The predicted octanol–water partition coefficient (Wildman–Crippen LogP) is 4.27. The molecule has 2 nitrogen and oxygen atoms in total. The maximum Gasteiger partial charge on any atom is 0.115 e. The summed E-state index contributed by atoms with van der Waals surface area (Å²) in [5, 5.41) is 13.1. The van der Waals surface area contributed by atoms with Crippen LogP contribution in [0.3, 0.4) is 0 Å². The highest BCUT2D eigenvalue weighted by molar-refractivity contribution is 5.26. The molecule has 0 radical (unpaired) electrons. The number of nitrogens with one attached hydrogen (secondary N) is 1. The Kier molecular flexibility index (Phi) is 6.38. The number of phenolic OH excluding ortho intramolecular Hbond substituents is 1. The van der Waals surface area contributed by atoms with Crippen LogP contribution in [0.25, 0.3) is 0 Å². The number of hydrogen-bond donors (Lipinski definition) is 2. The molecule has 112 valence electrons. The van der Waals surface area contributed by atoms with E-state index in [0.29, 0.717) is 11.8 Å². The minimum Gasteiger partial charge on any atom is -0.508 e. The molecule has 1 atom stereocenters. The highest BCUT2D eigenvalue weighted by Crippen LogP contribution is 2.27. The van der Waals surface area contributed by atoms with Gasteiger partial charge in [-0.1, -0.05) is 51.2 Å². The minimum absolute atomic E-state index is 0.361. The van der Waals surface area contributed by atoms with Gasteiger partial charge in [0.15, 0.2) is 0 Å². The van der Waals surface area contributed by atoms with Crippen molar-refractivity contribution >= 4 is 0 Å². The van der Waals surface area contributed by atoms with E-state index in [2.05, 4.69) is 24.4 Å². The van der Waals surface area contributed by atoms with E-state index in [-0.39, 0.29) is 0 Å². The van der Waals surface area contributed by atoms with E-state index in [9.17, 15) is 5.11 Å². The van der Waals surface area contributed by atoms with Crippen molar-refractivity contribution in [3.05, 3.63) is 29.8 Å². The van der Waals surface area contributed by atoms with Gasteiger partial charge in [-0.3, -0.25) is 0 Å². The van der Waals surface area contributed by atoms with Crippen LogP contribution in [0.2, 0.25) is 0 Å². The van der Waals surface area contributed by atoms with E-state index in [1.165, 1.54) is 50.5 Å². The molecule has 1 unspecified atom stereocenters. The summed E-state index contributed by atoms with van der Waals surface area (Å²) in [6.45, 7) is 3.24. The van der Waals surface area contributed by atoms with Gasteiger partial charge in [-0.2, -0.15) is 0 Å². The van der Waals surface area contributed by atoms with Gasteiger partial charge in [-0.25, -0.2) is 0 Å². The topological polar surface area (TPSA) is 32.3 Å². The molecule has 0 aromatic heterocycles. The molecule has 0 bridgehead atoms. The lowest BCUT2D eigenvalue weighted by molar-refractivity contribution is 0.286. The summed E-state index contributed by atoms with van der Waals surface area (Å²) in [5.74, 6) is 1.17. The highest BCUT2D eigenvalue weighted by atomic mass is 16.3. The Morgan fingerprint density at radius 2 is 1.65 bits per heavy atom. The molecule has 0 saturated heterocycles. The molecule has 1 saturated carbocycles. The van der Waals surface area contributed by atoms with Crippen LogP contribution in [0.15, 0.2) is 24.3 Å². The van der Waals surface area contributed by atoms with Crippen LogP contribution < -0.4 is 5.32 Å². The fraction of sp³-hybridized carbons (Fsp3) is 0.667. The van der Waals surface area contributed by atoms with Crippen LogP contribution in [-0.4, -0.2) is 17.7 Å². The van der Waals surface area contributed by atoms with Gasteiger partial charge >= 0.3 is 0 Å². The fourth-order valence-corrected chi connectivity index (χ4v) is 3.44. The predicted molar refractivity (Wildman–Crippen MR) is 85.1 cm³/mol. The zero-order valence-electron chi connectivity index (χ0n) is 12.8. The maximum absolute atomic E-state index is 9.40. The Labute approximate surface area is 123 Å². The number of phenols is 1. The Bertz CT molecular complexity index is 366. The van der Waals surface area contributed by atoms with Crippen molar-refractivity contribution in [2.45, 2.75) is 64.3 Å². The quantitative estimate of drug-likeness (QED) is 0.841. The number of rotatable bonds is 5. The van der Waals surface area contributed by atoms with Crippen molar-refractivity contribution in [2.24, 2.45) is 5.92 Å². The summed E-state index contributed by atoms with van der Waals surface area (Å²) >= 11 is 0. The van der Waals surface area contributed by atoms with E-state index in [4.69, 9.17) is 0 Å². The molecule has 0 spiro atoms. The summed E-state index contributed by atoms with van der Waals surface area (Å²) in [6, 6.07) is 8.31. The molecule has 0 heterocycles. The van der Waals surface area contributed by atoms with Crippen LogP contribution in [0.4, 0.5) is 0 Å². The van der Waals surface area contributed by atoms with Gasteiger partial charge in [0.2, 0.25) is 0 Å². The van der Waals surface area contributed by atoms with Crippen LogP contribution in [0.1, 0.15) is 57.4 Å². The third kappa shape index (κ3) is 4.82. The van der Waals surface area contributed by atoms with E-state index in [1.54, 1.807) is 12.1 Å². The Morgan fingerprint density at radius 3 is 2.25 bits per heavy atom. The Balaban J connectivity index is 1.98. The van der Waals surface area contributed by atoms with E-state index < -0.39 is 0 Å². The van der Waals surface area contributed by atoms with Crippen LogP contribution in [0.5, 0.6) is 5.75 Å². The molecule has 0 amide bonds. The lowest BCUT2D eigenvalue weighted by Gasteiger charge is -2.29. The summed E-state index contributed by atoms with van der Waals surface area (Å²) in [6.07, 6.45) is 10.9. The molecule has 1 aliphatic rings. The molecule has 20 heavy (non-hydrogen) atoms. The molecule has 2 heteroatoms. The van der Waals surface area contributed by atoms with E-state index in [0.717, 1.165) is 18.9 Å². The first-order valence-electron chi connectivity index (χ1n) is 8.31. The number of aromatic hydroxyl groups is 1. The van der Waals surface area contributed by atoms with Crippen molar-refractivity contribution in [1.82, 2.24) is 5.32 Å². The normalized spacial score (nSPS) is 19.2. The van der Waals surface area contributed by atoms with Gasteiger partial charge in [0, 0.05) is 6.04 Å². The standard InChI is InChI=1S/C18H29NO/c1-2-19-18(14-15-10-12-17(20)13-11-15)16-8-6-4-3-5-7-9-16/h10-13,16,18-20H,2-9,14H2,1H3. The maximum atomic E-state index is 9.40. The average molecular weight is 275 g/mol. The number of hydrogen-bond acceptors (Lipinski definition) is 2. The second-order valence-electron chi connectivity index (χ2n) is 6.14. The summed E-state index contributed by atoms with van der Waals surface area (Å²) in [5.41, 5.74) is 1.33. The zero-order chi connectivity index (χ0) is 14.2. The molecule has 2 N–H and O–H groups in total.